The topological polar surface area (TPSA) is 32.5 Å². The molecule has 0 aromatic carbocycles. The highest BCUT2D eigenvalue weighted by atomic mass is 19.4. The quantitative estimate of drug-likeness (QED) is 0.846. The highest BCUT2D eigenvalue weighted by molar-refractivity contribution is 5.25. The molecule has 0 radical (unpaired) electrons. The van der Waals surface area contributed by atoms with Crippen molar-refractivity contribution < 1.29 is 17.7 Å². The Morgan fingerprint density at radius 1 is 1.21 bits per heavy atom. The Kier molecular flexibility index (Phi) is 4.15. The van der Waals surface area contributed by atoms with E-state index < -0.39 is 11.9 Å². The molecule has 0 N–H and O–H groups in total. The zero-order valence-corrected chi connectivity index (χ0v) is 11.1. The fourth-order valence-electron chi connectivity index (χ4n) is 2.26. The van der Waals surface area contributed by atoms with Crippen molar-refractivity contribution in [3.05, 3.63) is 17.0 Å². The van der Waals surface area contributed by atoms with E-state index in [4.69, 9.17) is 4.52 Å². The SMILES string of the molecule is CCc1c(C(F)(F)F)noc1CN1CCN(C)CC1. The van der Waals surface area contributed by atoms with Gasteiger partial charge in [-0.05, 0) is 13.5 Å². The molecule has 2 rings (SSSR count). The van der Waals surface area contributed by atoms with Crippen molar-refractivity contribution in [3.63, 3.8) is 0 Å². The van der Waals surface area contributed by atoms with Crippen molar-refractivity contribution in [2.24, 2.45) is 0 Å². The molecule has 1 aromatic rings. The van der Waals surface area contributed by atoms with Gasteiger partial charge in [0.1, 0.15) is 0 Å². The molecule has 1 aromatic heterocycles. The van der Waals surface area contributed by atoms with Gasteiger partial charge in [-0.15, -0.1) is 0 Å². The van der Waals surface area contributed by atoms with Gasteiger partial charge in [0, 0.05) is 31.7 Å². The Morgan fingerprint density at radius 2 is 1.84 bits per heavy atom. The number of hydrogen-bond donors (Lipinski definition) is 0. The second-order valence-corrected chi connectivity index (χ2v) is 4.86. The average molecular weight is 277 g/mol. The molecule has 4 nitrogen and oxygen atoms in total. The average Bonchev–Trinajstić information content (AvgIpc) is 2.74. The third-order valence-corrected chi connectivity index (χ3v) is 3.45. The van der Waals surface area contributed by atoms with Gasteiger partial charge in [-0.25, -0.2) is 0 Å². The number of aromatic nitrogens is 1. The fraction of sp³-hybridized carbons (Fsp3) is 0.750. The van der Waals surface area contributed by atoms with Crippen LogP contribution in [0.4, 0.5) is 13.2 Å². The van der Waals surface area contributed by atoms with Gasteiger partial charge in [-0.1, -0.05) is 12.1 Å². The molecular formula is C12H18F3N3O. The zero-order chi connectivity index (χ0) is 14.0. The number of alkyl halides is 3. The maximum atomic E-state index is 12.7. The van der Waals surface area contributed by atoms with Crippen LogP contribution in [0.25, 0.3) is 0 Å². The van der Waals surface area contributed by atoms with Crippen LogP contribution in [0.15, 0.2) is 4.52 Å². The summed E-state index contributed by atoms with van der Waals surface area (Å²) in [6, 6.07) is 0. The van der Waals surface area contributed by atoms with Gasteiger partial charge in [-0.3, -0.25) is 4.90 Å². The Morgan fingerprint density at radius 3 is 2.37 bits per heavy atom. The second-order valence-electron chi connectivity index (χ2n) is 4.86. The van der Waals surface area contributed by atoms with Crippen molar-refractivity contribution in [1.29, 1.82) is 0 Å². The Bertz CT molecular complexity index is 422. The second kappa shape index (κ2) is 5.50. The molecule has 0 saturated carbocycles. The van der Waals surface area contributed by atoms with E-state index in [1.54, 1.807) is 6.92 Å². The monoisotopic (exact) mass is 277 g/mol. The molecule has 0 unspecified atom stereocenters. The fourth-order valence-corrected chi connectivity index (χ4v) is 2.26. The number of halogens is 3. The van der Waals surface area contributed by atoms with E-state index in [1.165, 1.54) is 0 Å². The van der Waals surface area contributed by atoms with Crippen LogP contribution in [-0.2, 0) is 19.1 Å². The number of rotatable bonds is 3. The predicted molar refractivity (Wildman–Crippen MR) is 63.7 cm³/mol. The van der Waals surface area contributed by atoms with Crippen LogP contribution in [0.5, 0.6) is 0 Å². The normalized spacial score (nSPS) is 19.0. The summed E-state index contributed by atoms with van der Waals surface area (Å²) in [5.74, 6) is 0.347. The van der Waals surface area contributed by atoms with E-state index in [0.29, 0.717) is 12.3 Å². The molecular weight excluding hydrogens is 259 g/mol. The summed E-state index contributed by atoms with van der Waals surface area (Å²) < 4.78 is 43.1. The highest BCUT2D eigenvalue weighted by Crippen LogP contribution is 2.33. The minimum atomic E-state index is -4.44. The minimum absolute atomic E-state index is 0.187. The maximum Gasteiger partial charge on any atom is 0.437 e. The first kappa shape index (κ1) is 14.3. The van der Waals surface area contributed by atoms with Crippen LogP contribution in [0.1, 0.15) is 23.9 Å². The minimum Gasteiger partial charge on any atom is -0.359 e. The predicted octanol–water partition coefficient (Wildman–Crippen LogP) is 2.00. The molecule has 7 heteroatoms. The molecule has 0 amide bonds. The van der Waals surface area contributed by atoms with Gasteiger partial charge in [0.2, 0.25) is 0 Å². The number of likely N-dealkylation sites (N-methyl/N-ethyl adjacent to an activating group) is 1. The van der Waals surface area contributed by atoms with Gasteiger partial charge in [0.25, 0.3) is 0 Å². The third-order valence-electron chi connectivity index (χ3n) is 3.45. The third kappa shape index (κ3) is 3.27. The summed E-state index contributed by atoms with van der Waals surface area (Å²) >= 11 is 0. The zero-order valence-electron chi connectivity index (χ0n) is 11.1. The van der Waals surface area contributed by atoms with Crippen LogP contribution >= 0.6 is 0 Å². The molecule has 1 aliphatic rings. The lowest BCUT2D eigenvalue weighted by Gasteiger charge is -2.31. The Labute approximate surface area is 110 Å². The van der Waals surface area contributed by atoms with Crippen molar-refractivity contribution in [3.8, 4) is 0 Å². The largest absolute Gasteiger partial charge is 0.437 e. The van der Waals surface area contributed by atoms with Gasteiger partial charge in [0.15, 0.2) is 11.5 Å². The van der Waals surface area contributed by atoms with E-state index >= 15 is 0 Å². The summed E-state index contributed by atoms with van der Waals surface area (Å²) in [6.07, 6.45) is -4.16. The lowest BCUT2D eigenvalue weighted by atomic mass is 10.1. The number of hydrogen-bond acceptors (Lipinski definition) is 4. The summed E-state index contributed by atoms with van der Waals surface area (Å²) in [4.78, 5) is 4.29. The lowest BCUT2D eigenvalue weighted by molar-refractivity contribution is -0.143. The molecule has 0 spiro atoms. The smallest absolute Gasteiger partial charge is 0.359 e. The highest BCUT2D eigenvalue weighted by Gasteiger charge is 2.38. The summed E-state index contributed by atoms with van der Waals surface area (Å²) in [5, 5.41) is 3.20. The van der Waals surface area contributed by atoms with Gasteiger partial charge < -0.3 is 9.42 Å². The lowest BCUT2D eigenvalue weighted by Crippen LogP contribution is -2.43. The van der Waals surface area contributed by atoms with Crippen molar-refractivity contribution in [2.45, 2.75) is 26.1 Å². The van der Waals surface area contributed by atoms with Crippen LogP contribution in [0.3, 0.4) is 0 Å². The summed E-state index contributed by atoms with van der Waals surface area (Å²) in [7, 11) is 2.03. The first-order valence-electron chi connectivity index (χ1n) is 6.37. The van der Waals surface area contributed by atoms with Gasteiger partial charge >= 0.3 is 6.18 Å². The first-order chi connectivity index (χ1) is 8.91. The van der Waals surface area contributed by atoms with Crippen molar-refractivity contribution in [1.82, 2.24) is 15.0 Å². The number of nitrogens with zero attached hydrogens (tertiary/aromatic N) is 3. The molecule has 1 fully saturated rings. The first-order valence-corrected chi connectivity index (χ1v) is 6.37. The molecule has 0 aliphatic carbocycles. The molecule has 1 saturated heterocycles. The molecule has 2 heterocycles. The summed E-state index contributed by atoms with van der Waals surface area (Å²) in [5.41, 5.74) is -0.689. The Balaban J connectivity index is 2.10. The van der Waals surface area contributed by atoms with E-state index in [2.05, 4.69) is 15.0 Å². The molecule has 108 valence electrons. The molecule has 19 heavy (non-hydrogen) atoms. The van der Waals surface area contributed by atoms with E-state index in [-0.39, 0.29) is 12.0 Å². The van der Waals surface area contributed by atoms with Crippen LogP contribution in [0.2, 0.25) is 0 Å². The Hall–Kier alpha value is -1.08. The van der Waals surface area contributed by atoms with E-state index in [0.717, 1.165) is 26.2 Å². The van der Waals surface area contributed by atoms with E-state index in [9.17, 15) is 13.2 Å². The maximum absolute atomic E-state index is 12.7. The van der Waals surface area contributed by atoms with Crippen LogP contribution in [-0.4, -0.2) is 48.2 Å². The van der Waals surface area contributed by atoms with E-state index in [1.807, 2.05) is 7.05 Å². The van der Waals surface area contributed by atoms with Crippen LogP contribution < -0.4 is 0 Å². The molecule has 0 bridgehead atoms. The van der Waals surface area contributed by atoms with Crippen LogP contribution in [0, 0.1) is 0 Å². The standard InChI is InChI=1S/C12H18F3N3O/c1-3-9-10(19-16-11(9)12(13,14)15)8-18-6-4-17(2)5-7-18/h3-8H2,1-2H3. The molecule has 1 aliphatic heterocycles. The van der Waals surface area contributed by atoms with Gasteiger partial charge in [-0.2, -0.15) is 13.2 Å². The van der Waals surface area contributed by atoms with Crippen molar-refractivity contribution in [2.75, 3.05) is 33.2 Å². The van der Waals surface area contributed by atoms with Gasteiger partial charge in [0.05, 0.1) is 6.54 Å². The summed E-state index contributed by atoms with van der Waals surface area (Å²) in [6.45, 7) is 5.60. The molecule has 0 atom stereocenters. The van der Waals surface area contributed by atoms with Crippen molar-refractivity contribution >= 4 is 0 Å². The number of piperazine rings is 1.